The first-order valence-electron chi connectivity index (χ1n) is 5.56. The molecule has 6 heteroatoms. The van der Waals surface area contributed by atoms with Gasteiger partial charge < -0.3 is 10.0 Å². The molecule has 2 rings (SSSR count). The minimum atomic E-state index is -0.102. The van der Waals surface area contributed by atoms with Crippen molar-refractivity contribution in [2.75, 3.05) is 13.2 Å². The molecule has 0 radical (unpaired) electrons. The van der Waals surface area contributed by atoms with E-state index in [0.29, 0.717) is 16.6 Å². The average molecular weight is 306 g/mol. The van der Waals surface area contributed by atoms with Crippen LogP contribution in [0, 0.1) is 0 Å². The van der Waals surface area contributed by atoms with Crippen molar-refractivity contribution < 1.29 is 9.90 Å². The molecule has 1 fully saturated rings. The zero-order valence-electron chi connectivity index (χ0n) is 9.77. The maximum absolute atomic E-state index is 12.0. The summed E-state index contributed by atoms with van der Waals surface area (Å²) in [5.41, 5.74) is 0.931. The minimum absolute atomic E-state index is 0.0448. The van der Waals surface area contributed by atoms with Crippen molar-refractivity contribution in [3.05, 3.63) is 33.8 Å². The Morgan fingerprint density at radius 3 is 2.72 bits per heavy atom. The lowest BCUT2D eigenvalue weighted by atomic mass is 10.2. The van der Waals surface area contributed by atoms with Gasteiger partial charge in [-0.2, -0.15) is 0 Å². The van der Waals surface area contributed by atoms with Crippen LogP contribution in [0.3, 0.4) is 0 Å². The molecule has 1 N–H and O–H groups in total. The van der Waals surface area contributed by atoms with E-state index in [4.69, 9.17) is 28.3 Å². The van der Waals surface area contributed by atoms with E-state index >= 15 is 0 Å². The summed E-state index contributed by atoms with van der Waals surface area (Å²) in [4.78, 5) is 13.6. The average Bonchev–Trinajstić information content (AvgIpc) is 2.61. The highest BCUT2D eigenvalue weighted by atomic mass is 35.5. The Morgan fingerprint density at radius 2 is 2.11 bits per heavy atom. The molecular formula is C12H13Cl2NO2S. The number of β-amino-alcohol motifs (C(OH)–C–C–N with tert-alkyl or cyclic N) is 1. The summed E-state index contributed by atoms with van der Waals surface area (Å²) in [6, 6.07) is 5.36. The summed E-state index contributed by atoms with van der Waals surface area (Å²) < 4.78 is 0. The van der Waals surface area contributed by atoms with Crippen molar-refractivity contribution in [3.8, 4) is 0 Å². The Balaban J connectivity index is 2.30. The summed E-state index contributed by atoms with van der Waals surface area (Å²) in [5, 5.41) is 9.81. The normalized spacial score (nSPS) is 23.8. The number of carbonyl (C=O) groups excluding carboxylic acids is 1. The maximum Gasteiger partial charge on any atom is 0.236 e. The second-order valence-electron chi connectivity index (χ2n) is 4.06. The molecule has 0 aliphatic carbocycles. The molecule has 1 aromatic carbocycles. The van der Waals surface area contributed by atoms with E-state index in [1.807, 2.05) is 13.0 Å². The van der Waals surface area contributed by atoms with E-state index in [1.165, 1.54) is 0 Å². The van der Waals surface area contributed by atoms with E-state index in [9.17, 15) is 4.79 Å². The van der Waals surface area contributed by atoms with E-state index in [0.717, 1.165) is 5.56 Å². The molecule has 98 valence electrons. The van der Waals surface area contributed by atoms with Crippen molar-refractivity contribution >= 4 is 40.9 Å². The number of aliphatic hydroxyl groups is 1. The third kappa shape index (κ3) is 2.62. The molecule has 1 aromatic rings. The molecule has 3 nitrogen and oxygen atoms in total. The molecule has 0 aromatic heterocycles. The van der Waals surface area contributed by atoms with Crippen LogP contribution in [0.25, 0.3) is 0 Å². The zero-order chi connectivity index (χ0) is 13.3. The largest absolute Gasteiger partial charge is 0.395 e. The van der Waals surface area contributed by atoms with Crippen LogP contribution >= 0.6 is 35.0 Å². The number of hydrogen-bond acceptors (Lipinski definition) is 3. The fourth-order valence-corrected chi connectivity index (χ4v) is 3.54. The standard InChI is InChI=1S/C12H13Cl2NO2S/c1-7-11(17)15(4-5-16)12(18-7)8-2-3-9(13)10(14)6-8/h2-3,6-7,12,16H,4-5H2,1H3/t7-,12+/m0/s1. The predicted octanol–water partition coefficient (Wildman–Crippen LogP) is 2.95. The van der Waals surface area contributed by atoms with Crippen molar-refractivity contribution in [1.82, 2.24) is 4.90 Å². The van der Waals surface area contributed by atoms with Crippen LogP contribution in [-0.4, -0.2) is 34.3 Å². The molecule has 2 atom stereocenters. The summed E-state index contributed by atoms with van der Waals surface area (Å²) >= 11 is 13.4. The van der Waals surface area contributed by atoms with Gasteiger partial charge in [0.05, 0.1) is 21.9 Å². The van der Waals surface area contributed by atoms with Crippen LogP contribution in [0.2, 0.25) is 10.0 Å². The summed E-state index contributed by atoms with van der Waals surface area (Å²) in [6.45, 7) is 2.16. The number of hydrogen-bond donors (Lipinski definition) is 1. The molecule has 0 saturated carbocycles. The minimum Gasteiger partial charge on any atom is -0.395 e. The molecule has 1 amide bonds. The lowest BCUT2D eigenvalue weighted by Gasteiger charge is -2.23. The number of benzene rings is 1. The summed E-state index contributed by atoms with van der Waals surface area (Å²) in [7, 11) is 0. The second-order valence-corrected chi connectivity index (χ2v) is 6.30. The van der Waals surface area contributed by atoms with Gasteiger partial charge in [0.2, 0.25) is 5.91 Å². The lowest BCUT2D eigenvalue weighted by molar-refractivity contribution is -0.130. The molecular weight excluding hydrogens is 293 g/mol. The number of carbonyl (C=O) groups is 1. The van der Waals surface area contributed by atoms with Gasteiger partial charge >= 0.3 is 0 Å². The first-order valence-corrected chi connectivity index (χ1v) is 7.26. The van der Waals surface area contributed by atoms with Gasteiger partial charge in [-0.1, -0.05) is 29.3 Å². The van der Waals surface area contributed by atoms with Gasteiger partial charge in [-0.05, 0) is 24.6 Å². The topological polar surface area (TPSA) is 40.5 Å². The van der Waals surface area contributed by atoms with Gasteiger partial charge in [0, 0.05) is 6.54 Å². The fraction of sp³-hybridized carbons (Fsp3) is 0.417. The molecule has 1 aliphatic rings. The molecule has 0 bridgehead atoms. The van der Waals surface area contributed by atoms with Crippen molar-refractivity contribution in [2.24, 2.45) is 0 Å². The van der Waals surface area contributed by atoms with E-state index < -0.39 is 0 Å². The van der Waals surface area contributed by atoms with E-state index in [2.05, 4.69) is 0 Å². The Kier molecular flexibility index (Phi) is 4.43. The van der Waals surface area contributed by atoms with E-state index in [-0.39, 0.29) is 23.1 Å². The number of thioether (sulfide) groups is 1. The Morgan fingerprint density at radius 1 is 1.39 bits per heavy atom. The third-order valence-corrected chi connectivity index (χ3v) is 4.95. The van der Waals surface area contributed by atoms with Gasteiger partial charge in [0.1, 0.15) is 5.37 Å². The molecule has 1 saturated heterocycles. The van der Waals surface area contributed by atoms with Gasteiger partial charge in [-0.25, -0.2) is 0 Å². The SMILES string of the molecule is C[C@@H]1S[C@H](c2ccc(Cl)c(Cl)c2)N(CCO)C1=O. The predicted molar refractivity (Wildman–Crippen MR) is 75.1 cm³/mol. The van der Waals surface area contributed by atoms with Crippen LogP contribution in [0.1, 0.15) is 17.9 Å². The Hall–Kier alpha value is -0.420. The third-order valence-electron chi connectivity index (χ3n) is 2.82. The van der Waals surface area contributed by atoms with Gasteiger partial charge in [0.15, 0.2) is 0 Å². The van der Waals surface area contributed by atoms with Gasteiger partial charge in [0.25, 0.3) is 0 Å². The molecule has 0 spiro atoms. The number of rotatable bonds is 3. The molecule has 1 aliphatic heterocycles. The highest BCUT2D eigenvalue weighted by Crippen LogP contribution is 2.43. The van der Waals surface area contributed by atoms with Crippen LogP contribution in [0.15, 0.2) is 18.2 Å². The molecule has 0 unspecified atom stereocenters. The number of aliphatic hydroxyl groups excluding tert-OH is 1. The fourth-order valence-electron chi connectivity index (χ4n) is 1.93. The Bertz CT molecular complexity index is 469. The highest BCUT2D eigenvalue weighted by Gasteiger charge is 2.38. The maximum atomic E-state index is 12.0. The van der Waals surface area contributed by atoms with Gasteiger partial charge in [-0.15, -0.1) is 11.8 Å². The van der Waals surface area contributed by atoms with Crippen LogP contribution in [0.5, 0.6) is 0 Å². The number of nitrogens with zero attached hydrogens (tertiary/aromatic N) is 1. The second kappa shape index (κ2) is 5.70. The first kappa shape index (κ1) is 14.0. The van der Waals surface area contributed by atoms with Crippen molar-refractivity contribution in [3.63, 3.8) is 0 Å². The summed E-state index contributed by atoms with van der Waals surface area (Å²) in [6.07, 6.45) is 0. The first-order chi connectivity index (χ1) is 8.54. The number of halogens is 2. The van der Waals surface area contributed by atoms with Crippen molar-refractivity contribution in [1.29, 1.82) is 0 Å². The lowest BCUT2D eigenvalue weighted by Crippen LogP contribution is -2.32. The molecule has 1 heterocycles. The monoisotopic (exact) mass is 305 g/mol. The zero-order valence-corrected chi connectivity index (χ0v) is 12.1. The highest BCUT2D eigenvalue weighted by molar-refractivity contribution is 8.01. The quantitative estimate of drug-likeness (QED) is 0.933. The number of amides is 1. The van der Waals surface area contributed by atoms with Gasteiger partial charge in [-0.3, -0.25) is 4.79 Å². The van der Waals surface area contributed by atoms with Crippen LogP contribution in [0.4, 0.5) is 0 Å². The molecule has 18 heavy (non-hydrogen) atoms. The van der Waals surface area contributed by atoms with Crippen LogP contribution in [-0.2, 0) is 4.79 Å². The Labute approximate surface area is 120 Å². The van der Waals surface area contributed by atoms with Crippen LogP contribution < -0.4 is 0 Å². The summed E-state index contributed by atoms with van der Waals surface area (Å²) in [5.74, 6) is 0.0464. The van der Waals surface area contributed by atoms with E-state index in [1.54, 1.807) is 28.8 Å². The van der Waals surface area contributed by atoms with Crippen molar-refractivity contribution in [2.45, 2.75) is 17.5 Å². The smallest absolute Gasteiger partial charge is 0.236 e.